The molecule has 5 heteroatoms. The number of ketones is 1. The van der Waals surface area contributed by atoms with E-state index in [1.165, 1.54) is 18.3 Å². The second-order valence-electron chi connectivity index (χ2n) is 5.09. The van der Waals surface area contributed by atoms with Crippen molar-refractivity contribution in [3.8, 4) is 0 Å². The fraction of sp³-hybridized carbons (Fsp3) is 0.176. The zero-order chi connectivity index (χ0) is 16.3. The third-order valence-corrected chi connectivity index (χ3v) is 3.48. The monoisotopic (exact) mass is 299 g/mol. The summed E-state index contributed by atoms with van der Waals surface area (Å²) in [4.78, 5) is 16.4. The summed E-state index contributed by atoms with van der Waals surface area (Å²) in [6.07, 6.45) is 3.39. The minimum Gasteiger partial charge on any atom is -0.384 e. The average molecular weight is 299 g/mol. The van der Waals surface area contributed by atoms with E-state index in [4.69, 9.17) is 11.5 Å². The number of nitrogen functional groups attached to an aromatic ring is 1. The van der Waals surface area contributed by atoms with Gasteiger partial charge in [-0.1, -0.05) is 18.2 Å². The first-order chi connectivity index (χ1) is 10.5. The van der Waals surface area contributed by atoms with Crippen LogP contribution in [-0.4, -0.2) is 10.8 Å². The minimum atomic E-state index is -0.587. The van der Waals surface area contributed by atoms with Crippen LogP contribution in [-0.2, 0) is 0 Å². The predicted octanol–water partition coefficient (Wildman–Crippen LogP) is 2.92. The van der Waals surface area contributed by atoms with E-state index in [-0.39, 0.29) is 11.1 Å². The number of halogens is 1. The Labute approximate surface area is 128 Å². The second kappa shape index (κ2) is 6.49. The minimum absolute atomic E-state index is 0.0172. The van der Waals surface area contributed by atoms with Gasteiger partial charge in [-0.2, -0.15) is 0 Å². The molecule has 4 nitrogen and oxygen atoms in total. The third kappa shape index (κ3) is 3.04. The molecule has 1 heterocycles. The Bertz CT molecular complexity index is 711. The highest BCUT2D eigenvalue weighted by Crippen LogP contribution is 2.25. The lowest BCUT2D eigenvalue weighted by atomic mass is 9.93. The molecule has 4 N–H and O–H groups in total. The molecule has 2 aromatic rings. The molecule has 0 spiro atoms. The fourth-order valence-corrected chi connectivity index (χ4v) is 2.24. The van der Waals surface area contributed by atoms with Crippen LogP contribution in [0.4, 0.5) is 10.2 Å². The molecule has 0 aliphatic carbocycles. The van der Waals surface area contributed by atoms with Crippen LogP contribution in [0.1, 0.15) is 39.5 Å². The molecule has 0 fully saturated rings. The van der Waals surface area contributed by atoms with Crippen molar-refractivity contribution in [1.29, 1.82) is 0 Å². The number of hydrogen-bond acceptors (Lipinski definition) is 4. The van der Waals surface area contributed by atoms with Crippen LogP contribution in [0.5, 0.6) is 0 Å². The molecule has 0 amide bonds. The highest BCUT2D eigenvalue weighted by atomic mass is 19.1. The van der Waals surface area contributed by atoms with Crippen LogP contribution in [0.25, 0.3) is 0 Å². The number of hydrogen-bond donors (Lipinski definition) is 2. The van der Waals surface area contributed by atoms with E-state index in [9.17, 15) is 9.18 Å². The Morgan fingerprint density at radius 1 is 1.41 bits per heavy atom. The maximum Gasteiger partial charge on any atom is 0.197 e. The molecule has 0 radical (unpaired) electrons. The average Bonchev–Trinajstić information content (AvgIpc) is 2.48. The van der Waals surface area contributed by atoms with Crippen LogP contribution in [0.3, 0.4) is 0 Å². The van der Waals surface area contributed by atoms with Crippen LogP contribution < -0.4 is 11.5 Å². The molecule has 0 aliphatic rings. The van der Waals surface area contributed by atoms with Gasteiger partial charge < -0.3 is 11.5 Å². The van der Waals surface area contributed by atoms with Crippen molar-refractivity contribution in [2.24, 2.45) is 5.73 Å². The number of anilines is 1. The number of pyridine rings is 1. The van der Waals surface area contributed by atoms with Crippen LogP contribution in [0.15, 0.2) is 43.1 Å². The van der Waals surface area contributed by atoms with Gasteiger partial charge in [0.25, 0.3) is 0 Å². The third-order valence-electron chi connectivity index (χ3n) is 3.48. The molecule has 1 aromatic carbocycles. The summed E-state index contributed by atoms with van der Waals surface area (Å²) >= 11 is 0. The van der Waals surface area contributed by atoms with Gasteiger partial charge in [0.15, 0.2) is 5.78 Å². The van der Waals surface area contributed by atoms with E-state index in [0.29, 0.717) is 23.4 Å². The molecule has 0 aliphatic heterocycles. The largest absolute Gasteiger partial charge is 0.384 e. The summed E-state index contributed by atoms with van der Waals surface area (Å²) in [5.74, 6) is -0.721. The van der Waals surface area contributed by atoms with Crippen LogP contribution in [0.2, 0.25) is 0 Å². The number of carbonyl (C=O) groups is 1. The first-order valence-electron chi connectivity index (χ1n) is 6.87. The van der Waals surface area contributed by atoms with Gasteiger partial charge in [0.1, 0.15) is 11.6 Å². The lowest BCUT2D eigenvalue weighted by Gasteiger charge is -2.15. The van der Waals surface area contributed by atoms with E-state index < -0.39 is 17.6 Å². The summed E-state index contributed by atoms with van der Waals surface area (Å²) in [6, 6.07) is 5.80. The Morgan fingerprint density at radius 2 is 2.14 bits per heavy atom. The van der Waals surface area contributed by atoms with Crippen molar-refractivity contribution in [3.05, 3.63) is 71.2 Å². The van der Waals surface area contributed by atoms with E-state index in [1.807, 2.05) is 0 Å². The molecule has 1 atom stereocenters. The number of nitrogens with two attached hydrogens (primary N) is 2. The van der Waals surface area contributed by atoms with Gasteiger partial charge >= 0.3 is 0 Å². The van der Waals surface area contributed by atoms with Crippen molar-refractivity contribution >= 4 is 11.6 Å². The van der Waals surface area contributed by atoms with Crippen molar-refractivity contribution in [1.82, 2.24) is 4.98 Å². The Balaban J connectivity index is 2.50. The maximum atomic E-state index is 14.7. The number of aromatic nitrogens is 1. The molecule has 0 saturated carbocycles. The van der Waals surface area contributed by atoms with Crippen LogP contribution >= 0.6 is 0 Å². The predicted molar refractivity (Wildman–Crippen MR) is 85.0 cm³/mol. The van der Waals surface area contributed by atoms with Crippen molar-refractivity contribution in [2.45, 2.75) is 19.4 Å². The molecular weight excluding hydrogens is 281 g/mol. The summed E-state index contributed by atoms with van der Waals surface area (Å²) < 4.78 is 14.7. The van der Waals surface area contributed by atoms with Crippen molar-refractivity contribution < 1.29 is 9.18 Å². The zero-order valence-electron chi connectivity index (χ0n) is 12.3. The smallest absolute Gasteiger partial charge is 0.197 e. The molecule has 0 saturated heterocycles. The van der Waals surface area contributed by atoms with Gasteiger partial charge in [-0.25, -0.2) is 9.37 Å². The molecule has 1 aromatic heterocycles. The highest BCUT2D eigenvalue weighted by Gasteiger charge is 2.22. The molecular formula is C17H18FN3O. The zero-order valence-corrected chi connectivity index (χ0v) is 12.3. The highest BCUT2D eigenvalue weighted by molar-refractivity contribution is 6.10. The summed E-state index contributed by atoms with van der Waals surface area (Å²) in [6.45, 7) is 5.28. The van der Waals surface area contributed by atoms with Gasteiger partial charge in [-0.05, 0) is 31.0 Å². The van der Waals surface area contributed by atoms with E-state index >= 15 is 0 Å². The lowest BCUT2D eigenvalue weighted by Crippen LogP contribution is -2.15. The van der Waals surface area contributed by atoms with Gasteiger partial charge in [0.2, 0.25) is 0 Å². The van der Waals surface area contributed by atoms with Crippen molar-refractivity contribution in [2.75, 3.05) is 5.73 Å². The SMILES string of the molecule is C=CCC(N)c1ccc(C)c(C(=O)c2ccc(N)nc2)c1F. The van der Waals surface area contributed by atoms with Gasteiger partial charge in [-0.3, -0.25) is 4.79 Å². The number of aryl methyl sites for hydroxylation is 1. The molecule has 0 bridgehead atoms. The second-order valence-corrected chi connectivity index (χ2v) is 5.09. The topological polar surface area (TPSA) is 82.0 Å². The normalized spacial score (nSPS) is 12.0. The molecule has 2 rings (SSSR count). The number of rotatable bonds is 5. The number of carbonyl (C=O) groups excluding carboxylic acids is 1. The van der Waals surface area contributed by atoms with E-state index in [0.717, 1.165) is 0 Å². The fourth-order valence-electron chi connectivity index (χ4n) is 2.24. The summed E-state index contributed by atoms with van der Waals surface area (Å²) in [5.41, 5.74) is 12.6. The van der Waals surface area contributed by atoms with Gasteiger partial charge in [0.05, 0.1) is 5.56 Å². The van der Waals surface area contributed by atoms with Crippen molar-refractivity contribution in [3.63, 3.8) is 0 Å². The van der Waals surface area contributed by atoms with Crippen LogP contribution in [0, 0.1) is 12.7 Å². The first-order valence-corrected chi connectivity index (χ1v) is 6.87. The lowest BCUT2D eigenvalue weighted by molar-refractivity contribution is 0.103. The Hall–Kier alpha value is -2.53. The Kier molecular flexibility index (Phi) is 4.68. The number of nitrogens with zero attached hydrogens (tertiary/aromatic N) is 1. The molecule has 22 heavy (non-hydrogen) atoms. The van der Waals surface area contributed by atoms with E-state index in [1.54, 1.807) is 25.1 Å². The molecule has 1 unspecified atom stereocenters. The standard InChI is InChI=1S/C17H18FN3O/c1-3-4-13(19)12-7-5-10(2)15(16(12)18)17(22)11-6-8-14(20)21-9-11/h3,5-9,13H,1,4,19H2,2H3,(H2,20,21). The maximum absolute atomic E-state index is 14.7. The van der Waals surface area contributed by atoms with Gasteiger partial charge in [0, 0.05) is 23.4 Å². The van der Waals surface area contributed by atoms with Gasteiger partial charge in [-0.15, -0.1) is 6.58 Å². The first kappa shape index (κ1) is 15.9. The Morgan fingerprint density at radius 3 is 2.73 bits per heavy atom. The molecule has 114 valence electrons. The summed E-state index contributed by atoms with van der Waals surface area (Å²) in [5, 5.41) is 0. The van der Waals surface area contributed by atoms with E-state index in [2.05, 4.69) is 11.6 Å². The quantitative estimate of drug-likeness (QED) is 0.657. The number of benzene rings is 1. The summed E-state index contributed by atoms with van der Waals surface area (Å²) in [7, 11) is 0.